The van der Waals surface area contributed by atoms with Crippen molar-refractivity contribution in [2.45, 2.75) is 51.3 Å². The Balaban J connectivity index is 1.54. The summed E-state index contributed by atoms with van der Waals surface area (Å²) in [5.74, 6) is 2.01. The quantitative estimate of drug-likeness (QED) is 0.922. The smallest absolute Gasteiger partial charge is 0.132 e. The maximum Gasteiger partial charge on any atom is 0.132 e. The molecule has 3 atom stereocenters. The second kappa shape index (κ2) is 5.25. The van der Waals surface area contributed by atoms with E-state index in [0.717, 1.165) is 37.7 Å². The minimum absolute atomic E-state index is 0.105. The van der Waals surface area contributed by atoms with Gasteiger partial charge in [-0.2, -0.15) is 0 Å². The van der Waals surface area contributed by atoms with E-state index < -0.39 is 0 Å². The van der Waals surface area contributed by atoms with Crippen LogP contribution in [0.3, 0.4) is 0 Å². The summed E-state index contributed by atoms with van der Waals surface area (Å²) in [6.07, 6.45) is 3.90. The summed E-state index contributed by atoms with van der Waals surface area (Å²) in [7, 11) is 0. The molecule has 21 heavy (non-hydrogen) atoms. The van der Waals surface area contributed by atoms with Crippen LogP contribution in [0.4, 0.5) is 5.82 Å². The van der Waals surface area contributed by atoms with Crippen LogP contribution in [-0.2, 0) is 11.2 Å². The van der Waals surface area contributed by atoms with E-state index in [1.54, 1.807) is 0 Å². The van der Waals surface area contributed by atoms with E-state index in [9.17, 15) is 0 Å². The Morgan fingerprint density at radius 3 is 3.05 bits per heavy atom. The van der Waals surface area contributed by atoms with Gasteiger partial charge in [-0.1, -0.05) is 6.07 Å². The van der Waals surface area contributed by atoms with E-state index in [1.165, 1.54) is 24.2 Å². The van der Waals surface area contributed by atoms with E-state index in [-0.39, 0.29) is 6.10 Å². The molecule has 2 aliphatic heterocycles. The Morgan fingerprint density at radius 2 is 2.24 bits per heavy atom. The van der Waals surface area contributed by atoms with Crippen molar-refractivity contribution in [3.8, 4) is 0 Å². The molecule has 114 valence electrons. The largest absolute Gasteiger partial charge is 0.372 e. The molecule has 0 spiro atoms. The Bertz CT molecular complexity index is 529. The maximum atomic E-state index is 5.98. The minimum atomic E-state index is 0.105. The zero-order chi connectivity index (χ0) is 14.4. The van der Waals surface area contributed by atoms with Crippen LogP contribution in [0.15, 0.2) is 12.1 Å². The van der Waals surface area contributed by atoms with Crippen LogP contribution < -0.4 is 10.2 Å². The van der Waals surface area contributed by atoms with E-state index in [1.807, 2.05) is 0 Å². The lowest BCUT2D eigenvalue weighted by Crippen LogP contribution is -2.55. The number of fused-ring (bicyclic) bond motifs is 3. The summed E-state index contributed by atoms with van der Waals surface area (Å²) >= 11 is 0. The Hall–Kier alpha value is -1.13. The van der Waals surface area contributed by atoms with Gasteiger partial charge in [-0.3, -0.25) is 0 Å². The second-order valence-electron chi connectivity index (χ2n) is 6.91. The molecule has 4 heteroatoms. The molecule has 1 N–H and O–H groups in total. The van der Waals surface area contributed by atoms with Gasteiger partial charge in [0.2, 0.25) is 0 Å². The van der Waals surface area contributed by atoms with E-state index in [0.29, 0.717) is 12.1 Å². The van der Waals surface area contributed by atoms with Crippen molar-refractivity contribution in [2.24, 2.45) is 5.92 Å². The Labute approximate surface area is 126 Å². The van der Waals surface area contributed by atoms with Crippen molar-refractivity contribution < 1.29 is 4.74 Å². The van der Waals surface area contributed by atoms with Crippen LogP contribution in [0, 0.1) is 5.92 Å². The topological polar surface area (TPSA) is 37.4 Å². The Kier molecular flexibility index (Phi) is 3.38. The molecule has 2 fully saturated rings. The average Bonchev–Trinajstić information content (AvgIpc) is 3.23. The highest BCUT2D eigenvalue weighted by Crippen LogP contribution is 2.35. The number of aromatic nitrogens is 1. The molecular weight excluding hydrogens is 262 g/mol. The van der Waals surface area contributed by atoms with E-state index in [2.05, 4.69) is 36.2 Å². The molecular formula is C17H25N3O. The number of hydrogen-bond acceptors (Lipinski definition) is 4. The summed E-state index contributed by atoms with van der Waals surface area (Å²) < 4.78 is 5.98. The molecule has 0 amide bonds. The van der Waals surface area contributed by atoms with Crippen LogP contribution >= 0.6 is 0 Å². The molecule has 1 aromatic rings. The predicted octanol–water partition coefficient (Wildman–Crippen LogP) is 2.29. The molecule has 4 nitrogen and oxygen atoms in total. The number of pyridine rings is 1. The fraction of sp³-hybridized carbons (Fsp3) is 0.706. The average molecular weight is 287 g/mol. The summed E-state index contributed by atoms with van der Waals surface area (Å²) in [4.78, 5) is 7.48. The zero-order valence-corrected chi connectivity index (χ0v) is 13.0. The van der Waals surface area contributed by atoms with Crippen LogP contribution in [0.1, 0.15) is 44.1 Å². The maximum absolute atomic E-state index is 5.98. The second-order valence-corrected chi connectivity index (χ2v) is 6.91. The minimum Gasteiger partial charge on any atom is -0.372 e. The van der Waals surface area contributed by atoms with Crippen molar-refractivity contribution in [1.29, 1.82) is 0 Å². The summed E-state index contributed by atoms with van der Waals surface area (Å²) in [5, 5.41) is 3.52. The van der Waals surface area contributed by atoms with Gasteiger partial charge in [-0.15, -0.1) is 0 Å². The fourth-order valence-electron chi connectivity index (χ4n) is 3.57. The normalized spacial score (nSPS) is 29.1. The zero-order valence-electron chi connectivity index (χ0n) is 13.0. The highest BCUT2D eigenvalue weighted by Gasteiger charge is 2.36. The Morgan fingerprint density at radius 1 is 1.38 bits per heavy atom. The van der Waals surface area contributed by atoms with Crippen molar-refractivity contribution >= 4 is 5.82 Å². The number of piperazine rings is 1. The molecule has 4 rings (SSSR count). The third kappa shape index (κ3) is 2.55. The van der Waals surface area contributed by atoms with Gasteiger partial charge in [0.15, 0.2) is 0 Å². The molecule has 0 unspecified atom stereocenters. The van der Waals surface area contributed by atoms with Gasteiger partial charge in [0.05, 0.1) is 18.4 Å². The SMILES string of the molecule is C[C@@H]1CNC[C@H]2Cc3ccc([C@@H](C)OCC4CC4)nc3N21. The first-order valence-corrected chi connectivity index (χ1v) is 8.33. The lowest BCUT2D eigenvalue weighted by molar-refractivity contribution is 0.0552. The van der Waals surface area contributed by atoms with Gasteiger partial charge >= 0.3 is 0 Å². The monoisotopic (exact) mass is 287 g/mol. The highest BCUT2D eigenvalue weighted by molar-refractivity contribution is 5.56. The van der Waals surface area contributed by atoms with Crippen LogP contribution in [-0.4, -0.2) is 36.8 Å². The molecule has 0 radical (unpaired) electrons. The highest BCUT2D eigenvalue weighted by atomic mass is 16.5. The van der Waals surface area contributed by atoms with Gasteiger partial charge in [0.1, 0.15) is 5.82 Å². The first-order valence-electron chi connectivity index (χ1n) is 8.33. The number of nitrogens with zero attached hydrogens (tertiary/aromatic N) is 2. The number of anilines is 1. The number of rotatable bonds is 4. The molecule has 0 aromatic carbocycles. The molecule has 1 saturated carbocycles. The van der Waals surface area contributed by atoms with Crippen LogP contribution in [0.2, 0.25) is 0 Å². The molecule has 3 aliphatic rings. The first-order chi connectivity index (χ1) is 10.2. The van der Waals surface area contributed by atoms with Gasteiger partial charge in [-0.05, 0) is 50.7 Å². The van der Waals surface area contributed by atoms with E-state index >= 15 is 0 Å². The van der Waals surface area contributed by atoms with Crippen LogP contribution in [0.5, 0.6) is 0 Å². The number of ether oxygens (including phenoxy) is 1. The predicted molar refractivity (Wildman–Crippen MR) is 83.6 cm³/mol. The molecule has 1 saturated heterocycles. The van der Waals surface area contributed by atoms with Gasteiger partial charge < -0.3 is 15.0 Å². The van der Waals surface area contributed by atoms with Crippen LogP contribution in [0.25, 0.3) is 0 Å². The molecule has 1 aliphatic carbocycles. The van der Waals surface area contributed by atoms with Crippen molar-refractivity contribution in [3.63, 3.8) is 0 Å². The third-order valence-electron chi connectivity index (χ3n) is 5.06. The standard InChI is InChI=1S/C17H25N3O/c1-11-8-18-9-15-7-14-5-6-16(19-17(14)20(11)15)12(2)21-10-13-3-4-13/h5-6,11-13,15,18H,3-4,7-10H2,1-2H3/t11-,12-,15-/m1/s1. The third-order valence-corrected chi connectivity index (χ3v) is 5.06. The molecule has 3 heterocycles. The van der Waals surface area contributed by atoms with Gasteiger partial charge in [0.25, 0.3) is 0 Å². The first kappa shape index (κ1) is 13.5. The summed E-state index contributed by atoms with van der Waals surface area (Å²) in [6.45, 7) is 7.44. The number of hydrogen-bond donors (Lipinski definition) is 1. The van der Waals surface area contributed by atoms with Gasteiger partial charge in [-0.25, -0.2) is 4.98 Å². The molecule has 1 aromatic heterocycles. The summed E-state index contributed by atoms with van der Waals surface area (Å²) in [6, 6.07) is 5.52. The van der Waals surface area contributed by atoms with Crippen molar-refractivity contribution in [1.82, 2.24) is 10.3 Å². The summed E-state index contributed by atoms with van der Waals surface area (Å²) in [5.41, 5.74) is 2.48. The fourth-order valence-corrected chi connectivity index (χ4v) is 3.57. The molecule has 0 bridgehead atoms. The lowest BCUT2D eigenvalue weighted by atomic mass is 10.1. The number of nitrogens with one attached hydrogen (secondary N) is 1. The van der Waals surface area contributed by atoms with Crippen molar-refractivity contribution in [3.05, 3.63) is 23.4 Å². The van der Waals surface area contributed by atoms with Gasteiger partial charge in [0, 0.05) is 25.2 Å². The van der Waals surface area contributed by atoms with Crippen molar-refractivity contribution in [2.75, 3.05) is 24.6 Å². The lowest BCUT2D eigenvalue weighted by Gasteiger charge is -2.37. The van der Waals surface area contributed by atoms with E-state index in [4.69, 9.17) is 9.72 Å².